The molecule has 0 atom stereocenters. The summed E-state index contributed by atoms with van der Waals surface area (Å²) in [6, 6.07) is 4.62. The van der Waals surface area contributed by atoms with Crippen molar-refractivity contribution in [2.45, 2.75) is 6.42 Å². The second kappa shape index (κ2) is 4.11. The second-order valence-corrected chi connectivity index (χ2v) is 3.46. The molecule has 1 aromatic carbocycles. The van der Waals surface area contributed by atoms with Crippen LogP contribution < -0.4 is 0 Å². The molecule has 0 aromatic heterocycles. The highest BCUT2D eigenvalue weighted by molar-refractivity contribution is 9.10. The number of benzene rings is 1. The van der Waals surface area contributed by atoms with Gasteiger partial charge in [-0.3, -0.25) is 4.79 Å². The Bertz CT molecular complexity index is 423. The van der Waals surface area contributed by atoms with Gasteiger partial charge in [0.1, 0.15) is 11.8 Å². The predicted molar refractivity (Wildman–Crippen MR) is 51.9 cm³/mol. The van der Waals surface area contributed by atoms with Crippen molar-refractivity contribution in [3.05, 3.63) is 27.7 Å². The monoisotopic (exact) mass is 255 g/mol. The molecule has 0 unspecified atom stereocenters. The quantitative estimate of drug-likeness (QED) is 0.842. The van der Waals surface area contributed by atoms with Crippen molar-refractivity contribution in [2.24, 2.45) is 0 Å². The number of phenolic OH excluding ortho intramolecular Hbond substituents is 1. The molecule has 0 aliphatic rings. The van der Waals surface area contributed by atoms with E-state index in [-0.39, 0.29) is 17.7 Å². The van der Waals surface area contributed by atoms with Crippen molar-refractivity contribution >= 4 is 21.9 Å². The van der Waals surface area contributed by atoms with E-state index in [9.17, 15) is 9.90 Å². The molecule has 1 aromatic rings. The number of hydrogen-bond acceptors (Lipinski definition) is 3. The lowest BCUT2D eigenvalue weighted by atomic mass is 10.0. The maximum Gasteiger partial charge on any atom is 0.307 e. The molecule has 1 rings (SSSR count). The van der Waals surface area contributed by atoms with Crippen LogP contribution in [0.3, 0.4) is 0 Å². The van der Waals surface area contributed by atoms with Gasteiger partial charge in [-0.15, -0.1) is 0 Å². The Morgan fingerprint density at radius 3 is 2.71 bits per heavy atom. The first-order valence-corrected chi connectivity index (χ1v) is 4.47. The summed E-state index contributed by atoms with van der Waals surface area (Å²) in [4.78, 5) is 10.5. The number of aliphatic carboxylic acids is 1. The molecule has 0 amide bonds. The molecule has 0 fully saturated rings. The summed E-state index contributed by atoms with van der Waals surface area (Å²) in [6.07, 6.45) is -0.294. The first kappa shape index (κ1) is 10.5. The Kier molecular flexibility index (Phi) is 3.10. The van der Waals surface area contributed by atoms with Crippen LogP contribution >= 0.6 is 15.9 Å². The topological polar surface area (TPSA) is 81.3 Å². The van der Waals surface area contributed by atoms with Crippen LogP contribution in [0.25, 0.3) is 0 Å². The van der Waals surface area contributed by atoms with Crippen molar-refractivity contribution in [3.8, 4) is 11.8 Å². The van der Waals surface area contributed by atoms with Gasteiger partial charge in [-0.05, 0) is 17.7 Å². The van der Waals surface area contributed by atoms with E-state index in [1.807, 2.05) is 0 Å². The fourth-order valence-electron chi connectivity index (χ4n) is 1.06. The number of carboxylic acid groups (broad SMARTS) is 1. The third-order valence-corrected chi connectivity index (χ3v) is 2.42. The Morgan fingerprint density at radius 1 is 1.57 bits per heavy atom. The van der Waals surface area contributed by atoms with Crippen molar-refractivity contribution in [2.75, 3.05) is 0 Å². The summed E-state index contributed by atoms with van der Waals surface area (Å²) in [5, 5.41) is 26.6. The zero-order chi connectivity index (χ0) is 10.7. The van der Waals surface area contributed by atoms with E-state index < -0.39 is 5.97 Å². The number of rotatable bonds is 2. The highest BCUT2D eigenvalue weighted by atomic mass is 79.9. The van der Waals surface area contributed by atoms with Gasteiger partial charge in [0.05, 0.1) is 12.0 Å². The molecule has 2 N–H and O–H groups in total. The van der Waals surface area contributed by atoms with E-state index >= 15 is 0 Å². The molecular formula is C9H6BrNO3. The average molecular weight is 256 g/mol. The minimum absolute atomic E-state index is 0.00164. The summed E-state index contributed by atoms with van der Waals surface area (Å²) < 4.78 is 0.509. The first-order chi connectivity index (χ1) is 6.56. The summed E-state index contributed by atoms with van der Waals surface area (Å²) in [5.74, 6) is -1.25. The van der Waals surface area contributed by atoms with E-state index in [0.29, 0.717) is 10.0 Å². The maximum atomic E-state index is 10.5. The number of carboxylic acids is 1. The number of nitrogens with zero attached hydrogens (tertiary/aromatic N) is 1. The van der Waals surface area contributed by atoms with Gasteiger partial charge in [-0.25, -0.2) is 0 Å². The molecule has 72 valence electrons. The Balaban J connectivity index is 3.31. The Hall–Kier alpha value is -1.54. The molecule has 0 radical (unpaired) electrons. The minimum atomic E-state index is -1.05. The van der Waals surface area contributed by atoms with Gasteiger partial charge in [-0.1, -0.05) is 15.9 Å². The van der Waals surface area contributed by atoms with E-state index in [2.05, 4.69) is 15.9 Å². The zero-order valence-corrected chi connectivity index (χ0v) is 8.58. The van der Waals surface area contributed by atoms with Crippen LogP contribution in [0.2, 0.25) is 0 Å². The van der Waals surface area contributed by atoms with Crippen molar-refractivity contribution in [3.63, 3.8) is 0 Å². The normalized spacial score (nSPS) is 9.43. The van der Waals surface area contributed by atoms with Gasteiger partial charge < -0.3 is 10.2 Å². The lowest BCUT2D eigenvalue weighted by molar-refractivity contribution is -0.136. The maximum absolute atomic E-state index is 10.5. The smallest absolute Gasteiger partial charge is 0.307 e. The van der Waals surface area contributed by atoms with Gasteiger partial charge in [0, 0.05) is 4.47 Å². The van der Waals surface area contributed by atoms with Gasteiger partial charge in [0.15, 0.2) is 0 Å². The third-order valence-electron chi connectivity index (χ3n) is 1.67. The van der Waals surface area contributed by atoms with Crippen molar-refractivity contribution in [1.29, 1.82) is 5.26 Å². The number of halogens is 1. The third kappa shape index (κ3) is 2.03. The van der Waals surface area contributed by atoms with E-state index in [1.54, 1.807) is 6.07 Å². The first-order valence-electron chi connectivity index (χ1n) is 3.68. The molecule has 0 bridgehead atoms. The van der Waals surface area contributed by atoms with Crippen LogP contribution in [0.5, 0.6) is 5.75 Å². The number of phenols is 1. The van der Waals surface area contributed by atoms with Gasteiger partial charge in [-0.2, -0.15) is 5.26 Å². The number of nitriles is 1. The zero-order valence-electron chi connectivity index (χ0n) is 6.99. The van der Waals surface area contributed by atoms with E-state index in [0.717, 1.165) is 0 Å². The van der Waals surface area contributed by atoms with Gasteiger partial charge in [0.2, 0.25) is 0 Å². The molecular weight excluding hydrogens is 250 g/mol. The summed E-state index contributed by atoms with van der Waals surface area (Å²) in [6.45, 7) is 0. The fraction of sp³-hybridized carbons (Fsp3) is 0.111. The average Bonchev–Trinajstić information content (AvgIpc) is 2.11. The molecule has 14 heavy (non-hydrogen) atoms. The largest absolute Gasteiger partial charge is 0.507 e. The van der Waals surface area contributed by atoms with Crippen LogP contribution in [0.1, 0.15) is 11.1 Å². The lowest BCUT2D eigenvalue weighted by Gasteiger charge is -2.05. The van der Waals surface area contributed by atoms with Crippen LogP contribution in [0.15, 0.2) is 16.6 Å². The molecule has 5 heteroatoms. The molecule has 0 saturated carbocycles. The highest BCUT2D eigenvalue weighted by Crippen LogP contribution is 2.27. The van der Waals surface area contributed by atoms with Crippen LogP contribution in [0, 0.1) is 11.3 Å². The molecule has 0 heterocycles. The number of carbonyl (C=O) groups is 1. The van der Waals surface area contributed by atoms with E-state index in [1.165, 1.54) is 12.1 Å². The fourth-order valence-corrected chi connectivity index (χ4v) is 1.53. The summed E-state index contributed by atoms with van der Waals surface area (Å²) >= 11 is 3.13. The SMILES string of the molecule is N#Cc1c(O)ccc(Br)c1CC(=O)O. The molecule has 0 spiro atoms. The Morgan fingerprint density at radius 2 is 2.21 bits per heavy atom. The van der Waals surface area contributed by atoms with Gasteiger partial charge >= 0.3 is 5.97 Å². The second-order valence-electron chi connectivity index (χ2n) is 2.60. The summed E-state index contributed by atoms with van der Waals surface area (Å²) in [7, 11) is 0. The number of hydrogen-bond donors (Lipinski definition) is 2. The van der Waals surface area contributed by atoms with Gasteiger partial charge in [0.25, 0.3) is 0 Å². The van der Waals surface area contributed by atoms with Crippen molar-refractivity contribution < 1.29 is 15.0 Å². The summed E-state index contributed by atoms with van der Waals surface area (Å²) in [5.41, 5.74) is 0.293. The Labute approximate surface area is 88.5 Å². The standard InChI is InChI=1S/C9H6BrNO3/c10-7-1-2-8(12)6(4-11)5(7)3-9(13)14/h1-2,12H,3H2,(H,13,14). The molecule has 0 aliphatic heterocycles. The molecule has 0 saturated heterocycles. The van der Waals surface area contributed by atoms with Crippen molar-refractivity contribution in [1.82, 2.24) is 0 Å². The van der Waals surface area contributed by atoms with Crippen LogP contribution in [0.4, 0.5) is 0 Å². The van der Waals surface area contributed by atoms with Crippen LogP contribution in [-0.2, 0) is 11.2 Å². The molecule has 4 nitrogen and oxygen atoms in total. The highest BCUT2D eigenvalue weighted by Gasteiger charge is 2.13. The van der Waals surface area contributed by atoms with E-state index in [4.69, 9.17) is 10.4 Å². The van der Waals surface area contributed by atoms with Crippen LogP contribution in [-0.4, -0.2) is 16.2 Å². The number of aromatic hydroxyl groups is 1. The minimum Gasteiger partial charge on any atom is -0.507 e. The molecule has 0 aliphatic carbocycles. The predicted octanol–water partition coefficient (Wildman–Crippen LogP) is 1.65. The lowest BCUT2D eigenvalue weighted by Crippen LogP contribution is -2.03.